The first-order valence-electron chi connectivity index (χ1n) is 5.50. The number of carbonyl (C=O) groups is 1. The summed E-state index contributed by atoms with van der Waals surface area (Å²) in [6, 6.07) is 3.80. The Kier molecular flexibility index (Phi) is 3.49. The van der Waals surface area contributed by atoms with Gasteiger partial charge < -0.3 is 4.90 Å². The minimum absolute atomic E-state index is 0.0223. The van der Waals surface area contributed by atoms with Gasteiger partial charge in [-0.3, -0.25) is 9.78 Å². The van der Waals surface area contributed by atoms with Crippen molar-refractivity contribution in [2.45, 2.75) is 19.1 Å². The summed E-state index contributed by atoms with van der Waals surface area (Å²) in [6.45, 7) is 5.91. The molecule has 1 unspecified atom stereocenters. The first-order chi connectivity index (χ1) is 7.66. The maximum atomic E-state index is 11.1. The third-order valence-electron chi connectivity index (χ3n) is 2.71. The van der Waals surface area contributed by atoms with Crippen LogP contribution >= 0.6 is 11.8 Å². The van der Waals surface area contributed by atoms with E-state index in [1.165, 1.54) is 0 Å². The molecule has 1 saturated heterocycles. The number of rotatable bonds is 2. The molecule has 0 saturated carbocycles. The minimum atomic E-state index is 0.0223. The number of hydrogen-bond acceptors (Lipinski definition) is 4. The first kappa shape index (κ1) is 11.5. The number of nitrogens with zero attached hydrogens (tertiary/aromatic N) is 2. The molecule has 0 spiro atoms. The summed E-state index contributed by atoms with van der Waals surface area (Å²) in [7, 11) is 0. The number of ketones is 1. The normalized spacial score (nSPS) is 20.9. The standard InChI is InChI=1S/C12H16N2OS/c1-9-8-14(5-6-16-9)11-3-4-12(10(2)15)13-7-11/h3-4,7,9H,5-6,8H2,1-2H3. The molecule has 1 aliphatic rings. The molecule has 1 fully saturated rings. The molecule has 0 aromatic carbocycles. The summed E-state index contributed by atoms with van der Waals surface area (Å²) in [5, 5.41) is 0.668. The van der Waals surface area contributed by atoms with Crippen molar-refractivity contribution < 1.29 is 4.79 Å². The minimum Gasteiger partial charge on any atom is -0.368 e. The summed E-state index contributed by atoms with van der Waals surface area (Å²) in [6.07, 6.45) is 1.80. The molecule has 1 aromatic heterocycles. The molecule has 0 N–H and O–H groups in total. The summed E-state index contributed by atoms with van der Waals surface area (Å²) < 4.78 is 0. The maximum absolute atomic E-state index is 11.1. The zero-order valence-corrected chi connectivity index (χ0v) is 10.5. The van der Waals surface area contributed by atoms with E-state index in [9.17, 15) is 4.79 Å². The molecule has 16 heavy (non-hydrogen) atoms. The van der Waals surface area contributed by atoms with Gasteiger partial charge in [0.15, 0.2) is 5.78 Å². The van der Waals surface area contributed by atoms with E-state index in [0.29, 0.717) is 10.9 Å². The number of aromatic nitrogens is 1. The number of Topliss-reactive ketones (excluding diaryl/α,β-unsaturated/α-hetero) is 1. The summed E-state index contributed by atoms with van der Waals surface area (Å²) in [5.74, 6) is 1.18. The Morgan fingerprint density at radius 2 is 2.38 bits per heavy atom. The highest BCUT2D eigenvalue weighted by Crippen LogP contribution is 2.23. The number of thioether (sulfide) groups is 1. The highest BCUT2D eigenvalue weighted by Gasteiger charge is 2.17. The molecule has 1 aliphatic heterocycles. The molecule has 1 aromatic rings. The molecule has 4 heteroatoms. The lowest BCUT2D eigenvalue weighted by atomic mass is 10.2. The van der Waals surface area contributed by atoms with Crippen LogP contribution in [0, 0.1) is 0 Å². The Hall–Kier alpha value is -1.03. The van der Waals surface area contributed by atoms with Gasteiger partial charge in [0.2, 0.25) is 0 Å². The van der Waals surface area contributed by atoms with Crippen LogP contribution in [0.3, 0.4) is 0 Å². The van der Waals surface area contributed by atoms with E-state index < -0.39 is 0 Å². The van der Waals surface area contributed by atoms with E-state index in [1.54, 1.807) is 13.1 Å². The predicted molar refractivity (Wildman–Crippen MR) is 68.4 cm³/mol. The van der Waals surface area contributed by atoms with E-state index in [0.717, 1.165) is 24.5 Å². The van der Waals surface area contributed by atoms with Crippen LogP contribution in [0.4, 0.5) is 5.69 Å². The van der Waals surface area contributed by atoms with Crippen molar-refractivity contribution in [3.05, 3.63) is 24.0 Å². The van der Waals surface area contributed by atoms with Crippen LogP contribution in [-0.4, -0.2) is 34.9 Å². The van der Waals surface area contributed by atoms with Crippen molar-refractivity contribution in [3.63, 3.8) is 0 Å². The summed E-state index contributed by atoms with van der Waals surface area (Å²) in [5.41, 5.74) is 1.67. The lowest BCUT2D eigenvalue weighted by molar-refractivity contribution is 0.101. The third-order valence-corrected chi connectivity index (χ3v) is 3.85. The molecule has 2 rings (SSSR count). The van der Waals surface area contributed by atoms with Gasteiger partial charge in [0, 0.05) is 31.0 Å². The van der Waals surface area contributed by atoms with Crippen LogP contribution in [0.1, 0.15) is 24.3 Å². The molecular weight excluding hydrogens is 220 g/mol. The summed E-state index contributed by atoms with van der Waals surface area (Å²) in [4.78, 5) is 17.6. The molecule has 0 amide bonds. The fourth-order valence-corrected chi connectivity index (χ4v) is 2.85. The average molecular weight is 236 g/mol. The number of anilines is 1. The quantitative estimate of drug-likeness (QED) is 0.737. The molecule has 3 nitrogen and oxygen atoms in total. The van der Waals surface area contributed by atoms with Crippen molar-refractivity contribution in [2.75, 3.05) is 23.7 Å². The first-order valence-corrected chi connectivity index (χ1v) is 6.55. The van der Waals surface area contributed by atoms with Crippen LogP contribution in [0.2, 0.25) is 0 Å². The van der Waals surface area contributed by atoms with Gasteiger partial charge in [-0.2, -0.15) is 11.8 Å². The van der Waals surface area contributed by atoms with Crippen LogP contribution < -0.4 is 4.90 Å². The number of hydrogen-bond donors (Lipinski definition) is 0. The molecule has 1 atom stereocenters. The SMILES string of the molecule is CC(=O)c1ccc(N2CCSC(C)C2)cn1. The van der Waals surface area contributed by atoms with Crippen molar-refractivity contribution in [1.82, 2.24) is 4.98 Å². The van der Waals surface area contributed by atoms with Gasteiger partial charge >= 0.3 is 0 Å². The van der Waals surface area contributed by atoms with Crippen LogP contribution in [0.25, 0.3) is 0 Å². The zero-order valence-electron chi connectivity index (χ0n) is 9.64. The Balaban J connectivity index is 2.11. The van der Waals surface area contributed by atoms with Gasteiger partial charge in [0.1, 0.15) is 5.69 Å². The van der Waals surface area contributed by atoms with E-state index in [1.807, 2.05) is 23.9 Å². The monoisotopic (exact) mass is 236 g/mol. The van der Waals surface area contributed by atoms with Crippen molar-refractivity contribution in [2.24, 2.45) is 0 Å². The number of carbonyl (C=O) groups excluding carboxylic acids is 1. The highest BCUT2D eigenvalue weighted by atomic mass is 32.2. The van der Waals surface area contributed by atoms with E-state index >= 15 is 0 Å². The van der Waals surface area contributed by atoms with Gasteiger partial charge in [0.05, 0.1) is 11.9 Å². The second-order valence-electron chi connectivity index (χ2n) is 4.09. The van der Waals surface area contributed by atoms with E-state index in [4.69, 9.17) is 0 Å². The molecule has 0 bridgehead atoms. The van der Waals surface area contributed by atoms with Crippen LogP contribution in [-0.2, 0) is 0 Å². The van der Waals surface area contributed by atoms with Crippen molar-refractivity contribution in [1.29, 1.82) is 0 Å². The van der Waals surface area contributed by atoms with Gasteiger partial charge in [-0.1, -0.05) is 6.92 Å². The van der Waals surface area contributed by atoms with E-state index in [-0.39, 0.29) is 5.78 Å². The fraction of sp³-hybridized carbons (Fsp3) is 0.500. The molecule has 0 radical (unpaired) electrons. The van der Waals surface area contributed by atoms with Crippen LogP contribution in [0.5, 0.6) is 0 Å². The van der Waals surface area contributed by atoms with Gasteiger partial charge in [-0.05, 0) is 12.1 Å². The zero-order chi connectivity index (χ0) is 11.5. The summed E-state index contributed by atoms with van der Waals surface area (Å²) >= 11 is 2.01. The van der Waals surface area contributed by atoms with Crippen LogP contribution in [0.15, 0.2) is 18.3 Å². The molecule has 86 valence electrons. The smallest absolute Gasteiger partial charge is 0.178 e. The average Bonchev–Trinajstić information content (AvgIpc) is 2.29. The molecule has 0 aliphatic carbocycles. The topological polar surface area (TPSA) is 33.2 Å². The second kappa shape index (κ2) is 4.87. The fourth-order valence-electron chi connectivity index (χ4n) is 1.83. The largest absolute Gasteiger partial charge is 0.368 e. The van der Waals surface area contributed by atoms with Crippen molar-refractivity contribution >= 4 is 23.2 Å². The Bertz CT molecular complexity index is 377. The Morgan fingerprint density at radius 3 is 2.94 bits per heavy atom. The maximum Gasteiger partial charge on any atom is 0.178 e. The lowest BCUT2D eigenvalue weighted by Gasteiger charge is -2.32. The van der Waals surface area contributed by atoms with Gasteiger partial charge in [0.25, 0.3) is 0 Å². The van der Waals surface area contributed by atoms with Gasteiger partial charge in [-0.25, -0.2) is 0 Å². The Labute approximate surface area is 100 Å². The second-order valence-corrected chi connectivity index (χ2v) is 5.63. The Morgan fingerprint density at radius 1 is 1.56 bits per heavy atom. The van der Waals surface area contributed by atoms with Crippen molar-refractivity contribution in [3.8, 4) is 0 Å². The number of pyridine rings is 1. The predicted octanol–water partition coefficient (Wildman–Crippen LogP) is 2.23. The van der Waals surface area contributed by atoms with Gasteiger partial charge in [-0.15, -0.1) is 0 Å². The molecule has 2 heterocycles. The third kappa shape index (κ3) is 2.55. The molecular formula is C12H16N2OS. The highest BCUT2D eigenvalue weighted by molar-refractivity contribution is 8.00. The lowest BCUT2D eigenvalue weighted by Crippen LogP contribution is -2.36. The van der Waals surface area contributed by atoms with E-state index in [2.05, 4.69) is 16.8 Å².